The maximum atomic E-state index is 12.9. The van der Waals surface area contributed by atoms with Crippen molar-refractivity contribution < 1.29 is 8.42 Å². The number of halogens is 2. The van der Waals surface area contributed by atoms with Crippen LogP contribution in [0.5, 0.6) is 0 Å². The predicted molar refractivity (Wildman–Crippen MR) is 84.7 cm³/mol. The number of nitrogens with one attached hydrogen (secondary N) is 1. The SMILES string of the molecule is Cl.O=S(=O)(c1ccccc1Br)N1C2CCNCC1CC2. The Kier molecular flexibility index (Phi) is 5.13. The van der Waals surface area contributed by atoms with Crippen LogP contribution in [0.1, 0.15) is 19.3 Å². The number of hydrogen-bond donors (Lipinski definition) is 1. The minimum absolute atomic E-state index is 0. The van der Waals surface area contributed by atoms with Crippen LogP contribution in [0.3, 0.4) is 0 Å². The van der Waals surface area contributed by atoms with Gasteiger partial charge >= 0.3 is 0 Å². The maximum Gasteiger partial charge on any atom is 0.244 e. The van der Waals surface area contributed by atoms with E-state index < -0.39 is 10.0 Å². The molecule has 2 aliphatic heterocycles. The third kappa shape index (κ3) is 2.76. The van der Waals surface area contributed by atoms with Gasteiger partial charge in [-0.1, -0.05) is 12.1 Å². The number of nitrogens with zero attached hydrogens (tertiary/aromatic N) is 1. The molecule has 0 amide bonds. The van der Waals surface area contributed by atoms with Gasteiger partial charge < -0.3 is 5.32 Å². The van der Waals surface area contributed by atoms with E-state index in [-0.39, 0.29) is 24.5 Å². The van der Waals surface area contributed by atoms with Crippen molar-refractivity contribution in [2.24, 2.45) is 0 Å². The van der Waals surface area contributed by atoms with Crippen molar-refractivity contribution in [1.29, 1.82) is 0 Å². The minimum Gasteiger partial charge on any atom is -0.315 e. The number of hydrogen-bond acceptors (Lipinski definition) is 3. The van der Waals surface area contributed by atoms with Gasteiger partial charge in [-0.3, -0.25) is 0 Å². The fourth-order valence-corrected chi connectivity index (χ4v) is 5.96. The highest BCUT2D eigenvalue weighted by atomic mass is 79.9. The van der Waals surface area contributed by atoms with Gasteiger partial charge in [0.2, 0.25) is 10.0 Å². The van der Waals surface area contributed by atoms with Crippen LogP contribution in [0.2, 0.25) is 0 Å². The van der Waals surface area contributed by atoms with E-state index in [4.69, 9.17) is 0 Å². The second kappa shape index (κ2) is 6.32. The molecule has 4 nitrogen and oxygen atoms in total. The second-order valence-corrected chi connectivity index (χ2v) is 7.81. The van der Waals surface area contributed by atoms with E-state index in [2.05, 4.69) is 21.2 Å². The highest BCUT2D eigenvalue weighted by Crippen LogP contribution is 2.35. The average Bonchev–Trinajstić information content (AvgIpc) is 2.64. The third-order valence-corrected chi connectivity index (χ3v) is 7.00. The summed E-state index contributed by atoms with van der Waals surface area (Å²) >= 11 is 3.36. The van der Waals surface area contributed by atoms with Crippen LogP contribution in [0.4, 0.5) is 0 Å². The molecule has 0 radical (unpaired) electrons. The molecule has 1 N–H and O–H groups in total. The van der Waals surface area contributed by atoms with E-state index >= 15 is 0 Å². The largest absolute Gasteiger partial charge is 0.315 e. The molecule has 2 bridgehead atoms. The molecule has 2 saturated heterocycles. The Morgan fingerprint density at radius 2 is 1.85 bits per heavy atom. The molecule has 0 saturated carbocycles. The van der Waals surface area contributed by atoms with Crippen LogP contribution in [0.15, 0.2) is 33.6 Å². The van der Waals surface area contributed by atoms with E-state index in [9.17, 15) is 8.42 Å². The van der Waals surface area contributed by atoms with Crippen LogP contribution >= 0.6 is 28.3 Å². The van der Waals surface area contributed by atoms with Crippen LogP contribution in [-0.2, 0) is 10.0 Å². The number of benzene rings is 1. The van der Waals surface area contributed by atoms with Crippen molar-refractivity contribution in [2.45, 2.75) is 36.2 Å². The first-order valence-electron chi connectivity index (χ1n) is 6.59. The maximum absolute atomic E-state index is 12.9. The summed E-state index contributed by atoms with van der Waals surface area (Å²) in [5.41, 5.74) is 0. The Balaban J connectivity index is 0.00000147. The predicted octanol–water partition coefficient (Wildman–Crippen LogP) is 2.39. The third-order valence-electron chi connectivity index (χ3n) is 3.98. The van der Waals surface area contributed by atoms with Gasteiger partial charge in [0.05, 0.1) is 4.90 Å². The molecule has 1 aromatic carbocycles. The molecule has 2 unspecified atom stereocenters. The molecule has 0 aliphatic carbocycles. The Labute approximate surface area is 134 Å². The van der Waals surface area contributed by atoms with E-state index in [0.29, 0.717) is 9.37 Å². The van der Waals surface area contributed by atoms with Crippen LogP contribution < -0.4 is 5.32 Å². The Morgan fingerprint density at radius 1 is 1.15 bits per heavy atom. The van der Waals surface area contributed by atoms with Crippen molar-refractivity contribution >= 4 is 38.4 Å². The smallest absolute Gasteiger partial charge is 0.244 e. The molecular formula is C13H18BrClN2O2S. The summed E-state index contributed by atoms with van der Waals surface area (Å²) < 4.78 is 28.2. The molecular weight excluding hydrogens is 364 g/mol. The highest BCUT2D eigenvalue weighted by molar-refractivity contribution is 9.10. The lowest BCUT2D eigenvalue weighted by molar-refractivity contribution is 0.334. The fraction of sp³-hybridized carbons (Fsp3) is 0.538. The van der Waals surface area contributed by atoms with Crippen molar-refractivity contribution in [3.63, 3.8) is 0 Å². The lowest BCUT2D eigenvalue weighted by Gasteiger charge is -2.27. The first kappa shape index (κ1) is 16.2. The molecule has 2 aliphatic rings. The monoisotopic (exact) mass is 380 g/mol. The molecule has 112 valence electrons. The standard InChI is InChI=1S/C13H17BrN2O2S.ClH/c14-12-3-1-2-4-13(12)19(17,18)16-10-5-6-11(16)9-15-8-7-10;/h1-4,10-11,15H,5-9H2;1H. The molecule has 0 aromatic heterocycles. The topological polar surface area (TPSA) is 49.4 Å². The zero-order chi connectivity index (χ0) is 13.5. The first-order valence-corrected chi connectivity index (χ1v) is 8.83. The van der Waals surface area contributed by atoms with Crippen molar-refractivity contribution in [1.82, 2.24) is 9.62 Å². The quantitative estimate of drug-likeness (QED) is 0.856. The molecule has 2 fully saturated rings. The Hall–Kier alpha value is -0.140. The summed E-state index contributed by atoms with van der Waals surface area (Å²) in [7, 11) is -3.41. The number of fused-ring (bicyclic) bond motifs is 2. The summed E-state index contributed by atoms with van der Waals surface area (Å²) in [4.78, 5) is 0.383. The van der Waals surface area contributed by atoms with Crippen LogP contribution in [0.25, 0.3) is 0 Å². The molecule has 2 atom stereocenters. The molecule has 2 heterocycles. The van der Waals surface area contributed by atoms with Gasteiger partial charge in [0.1, 0.15) is 0 Å². The van der Waals surface area contributed by atoms with Gasteiger partial charge in [0.15, 0.2) is 0 Å². The van der Waals surface area contributed by atoms with Crippen LogP contribution in [-0.4, -0.2) is 37.9 Å². The van der Waals surface area contributed by atoms with Crippen molar-refractivity contribution in [3.8, 4) is 0 Å². The van der Waals surface area contributed by atoms with Gasteiger partial charge in [-0.25, -0.2) is 8.42 Å². The average molecular weight is 382 g/mol. The molecule has 7 heteroatoms. The first-order chi connectivity index (χ1) is 9.10. The van der Waals surface area contributed by atoms with Gasteiger partial charge in [0, 0.05) is 23.1 Å². The Bertz CT molecular complexity index is 567. The lowest BCUT2D eigenvalue weighted by atomic mass is 10.1. The number of sulfonamides is 1. The molecule has 1 aromatic rings. The normalized spacial score (nSPS) is 26.9. The number of rotatable bonds is 2. The highest BCUT2D eigenvalue weighted by Gasteiger charge is 2.43. The zero-order valence-corrected chi connectivity index (χ0v) is 14.2. The second-order valence-electron chi connectivity index (χ2n) is 5.14. The van der Waals surface area contributed by atoms with Gasteiger partial charge in [-0.05, 0) is 53.9 Å². The van der Waals surface area contributed by atoms with Gasteiger partial charge in [-0.15, -0.1) is 12.4 Å². The van der Waals surface area contributed by atoms with Crippen LogP contribution in [0, 0.1) is 0 Å². The van der Waals surface area contributed by atoms with E-state index in [1.54, 1.807) is 22.5 Å². The summed E-state index contributed by atoms with van der Waals surface area (Å²) in [6.07, 6.45) is 2.84. The zero-order valence-electron chi connectivity index (χ0n) is 11.0. The van der Waals surface area contributed by atoms with E-state index in [0.717, 1.165) is 32.4 Å². The Morgan fingerprint density at radius 3 is 2.60 bits per heavy atom. The van der Waals surface area contributed by atoms with Crippen molar-refractivity contribution in [2.75, 3.05) is 13.1 Å². The summed E-state index contributed by atoms with van der Waals surface area (Å²) in [6.45, 7) is 1.67. The molecule has 0 spiro atoms. The lowest BCUT2D eigenvalue weighted by Crippen LogP contribution is -2.42. The summed E-state index contributed by atoms with van der Waals surface area (Å²) in [6, 6.07) is 7.32. The van der Waals surface area contributed by atoms with Gasteiger partial charge in [-0.2, -0.15) is 4.31 Å². The van der Waals surface area contributed by atoms with Gasteiger partial charge in [0.25, 0.3) is 0 Å². The summed E-state index contributed by atoms with van der Waals surface area (Å²) in [5.74, 6) is 0. The van der Waals surface area contributed by atoms with Crippen molar-refractivity contribution in [3.05, 3.63) is 28.7 Å². The summed E-state index contributed by atoms with van der Waals surface area (Å²) in [5, 5.41) is 3.33. The van der Waals surface area contributed by atoms with E-state index in [1.165, 1.54) is 0 Å². The fourth-order valence-electron chi connectivity index (χ4n) is 3.10. The van der Waals surface area contributed by atoms with E-state index in [1.807, 2.05) is 6.07 Å². The molecule has 3 rings (SSSR count). The minimum atomic E-state index is -3.41. The molecule has 20 heavy (non-hydrogen) atoms.